The van der Waals surface area contributed by atoms with Crippen LogP contribution in [0.2, 0.25) is 0 Å². The van der Waals surface area contributed by atoms with Gasteiger partial charge in [-0.2, -0.15) is 5.10 Å². The standard InChI is InChI=1S/C13H12N10S/c1-23-5-4-8(22-23)17-11-10-7(15-6-16-11)2-3-9(18-10)24-13-19-12(14)20-21-13/h2-6H,1H3,(H3,14,19,20,21)(H,15,16,17,22). The highest BCUT2D eigenvalue weighted by molar-refractivity contribution is 7.99. The topological polar surface area (TPSA) is 136 Å². The maximum atomic E-state index is 5.53. The molecule has 4 heterocycles. The van der Waals surface area contributed by atoms with E-state index in [0.29, 0.717) is 22.3 Å². The fraction of sp³-hybridized carbons (Fsp3) is 0.0769. The minimum absolute atomic E-state index is 0.263. The van der Waals surface area contributed by atoms with Crippen molar-refractivity contribution in [2.45, 2.75) is 10.2 Å². The minimum atomic E-state index is 0.263. The molecule has 0 spiro atoms. The Balaban J connectivity index is 1.70. The predicted molar refractivity (Wildman–Crippen MR) is 88.7 cm³/mol. The van der Waals surface area contributed by atoms with E-state index in [9.17, 15) is 0 Å². The Hall–Kier alpha value is -3.21. The summed E-state index contributed by atoms with van der Waals surface area (Å²) in [4.78, 5) is 15.9. The molecule has 4 N–H and O–H groups in total. The number of aryl methyl sites for hydroxylation is 1. The number of hydrogen-bond donors (Lipinski definition) is 3. The number of pyridine rings is 1. The van der Waals surface area contributed by atoms with Gasteiger partial charge in [-0.3, -0.25) is 4.68 Å². The van der Waals surface area contributed by atoms with Gasteiger partial charge in [0.05, 0.1) is 5.52 Å². The summed E-state index contributed by atoms with van der Waals surface area (Å²) in [7, 11) is 1.85. The van der Waals surface area contributed by atoms with Gasteiger partial charge in [0, 0.05) is 19.3 Å². The van der Waals surface area contributed by atoms with Crippen LogP contribution in [0.25, 0.3) is 11.0 Å². The van der Waals surface area contributed by atoms with Gasteiger partial charge < -0.3 is 16.0 Å². The zero-order valence-corrected chi connectivity index (χ0v) is 13.3. The van der Waals surface area contributed by atoms with Crippen molar-refractivity contribution >= 4 is 40.4 Å². The van der Waals surface area contributed by atoms with E-state index in [1.165, 1.54) is 18.1 Å². The second-order valence-electron chi connectivity index (χ2n) is 4.86. The summed E-state index contributed by atoms with van der Waals surface area (Å²) < 4.78 is 1.70. The van der Waals surface area contributed by atoms with Gasteiger partial charge in [0.2, 0.25) is 5.95 Å². The first-order chi connectivity index (χ1) is 11.7. The molecule has 4 aromatic heterocycles. The van der Waals surface area contributed by atoms with Crippen molar-refractivity contribution in [1.82, 2.24) is 39.9 Å². The van der Waals surface area contributed by atoms with Gasteiger partial charge in [0.15, 0.2) is 16.8 Å². The lowest BCUT2D eigenvalue weighted by Crippen LogP contribution is -1.99. The lowest BCUT2D eigenvalue weighted by molar-refractivity contribution is 0.771. The molecule has 0 fully saturated rings. The molecule has 0 saturated heterocycles. The second-order valence-corrected chi connectivity index (χ2v) is 5.87. The number of aromatic amines is 1. The molecule has 11 heteroatoms. The number of H-pyrrole nitrogens is 1. The van der Waals surface area contributed by atoms with Crippen LogP contribution in [-0.4, -0.2) is 39.9 Å². The third-order valence-corrected chi connectivity index (χ3v) is 3.91. The Bertz CT molecular complexity index is 1010. The third kappa shape index (κ3) is 2.84. The first-order valence-electron chi connectivity index (χ1n) is 6.92. The lowest BCUT2D eigenvalue weighted by atomic mass is 10.3. The van der Waals surface area contributed by atoms with E-state index in [4.69, 9.17) is 5.73 Å². The normalized spacial score (nSPS) is 11.0. The van der Waals surface area contributed by atoms with Gasteiger partial charge in [0.25, 0.3) is 0 Å². The Morgan fingerprint density at radius 1 is 1.21 bits per heavy atom. The Labute approximate surface area is 139 Å². The van der Waals surface area contributed by atoms with Crippen LogP contribution in [0, 0.1) is 0 Å². The zero-order valence-electron chi connectivity index (χ0n) is 12.5. The molecule has 0 atom stereocenters. The van der Waals surface area contributed by atoms with Gasteiger partial charge in [-0.05, 0) is 23.9 Å². The molecular formula is C13H12N10S. The van der Waals surface area contributed by atoms with Crippen molar-refractivity contribution in [1.29, 1.82) is 0 Å². The highest BCUT2D eigenvalue weighted by Gasteiger charge is 2.10. The zero-order chi connectivity index (χ0) is 16.5. The summed E-state index contributed by atoms with van der Waals surface area (Å²) in [5.41, 5.74) is 6.90. The molecule has 0 amide bonds. The van der Waals surface area contributed by atoms with Crippen LogP contribution in [0.1, 0.15) is 0 Å². The summed E-state index contributed by atoms with van der Waals surface area (Å²) in [5.74, 6) is 1.53. The Morgan fingerprint density at radius 3 is 2.88 bits per heavy atom. The largest absolute Gasteiger partial charge is 0.368 e. The number of nitrogen functional groups attached to an aromatic ring is 1. The van der Waals surface area contributed by atoms with Gasteiger partial charge in [-0.25, -0.2) is 15.0 Å². The maximum Gasteiger partial charge on any atom is 0.220 e. The summed E-state index contributed by atoms with van der Waals surface area (Å²) in [6.07, 6.45) is 3.33. The van der Waals surface area contributed by atoms with Crippen LogP contribution in [0.5, 0.6) is 0 Å². The van der Waals surface area contributed by atoms with Crippen molar-refractivity contribution in [3.8, 4) is 0 Å². The number of aromatic nitrogens is 8. The molecule has 10 nitrogen and oxygen atoms in total. The maximum absolute atomic E-state index is 5.53. The average Bonchev–Trinajstić information content (AvgIpc) is 3.16. The number of fused-ring (bicyclic) bond motifs is 1. The van der Waals surface area contributed by atoms with E-state index in [2.05, 4.69) is 40.5 Å². The van der Waals surface area contributed by atoms with Crippen molar-refractivity contribution in [2.24, 2.45) is 7.05 Å². The monoisotopic (exact) mass is 340 g/mol. The summed E-state index contributed by atoms with van der Waals surface area (Å²) in [6.45, 7) is 0. The molecule has 120 valence electrons. The number of nitrogens with two attached hydrogens (primary N) is 1. The van der Waals surface area contributed by atoms with Crippen LogP contribution < -0.4 is 11.1 Å². The number of anilines is 3. The number of nitrogens with one attached hydrogen (secondary N) is 2. The molecule has 0 aliphatic carbocycles. The second kappa shape index (κ2) is 5.77. The van der Waals surface area contributed by atoms with E-state index < -0.39 is 0 Å². The first-order valence-corrected chi connectivity index (χ1v) is 7.73. The minimum Gasteiger partial charge on any atom is -0.368 e. The van der Waals surface area contributed by atoms with E-state index in [-0.39, 0.29) is 5.95 Å². The van der Waals surface area contributed by atoms with Crippen LogP contribution in [0.4, 0.5) is 17.6 Å². The third-order valence-electron chi connectivity index (χ3n) is 3.10. The SMILES string of the molecule is Cn1ccc(Nc2ncnc3ccc(Sc4nnc(N)[nH]4)nc23)n1. The molecule has 4 aromatic rings. The average molecular weight is 340 g/mol. The van der Waals surface area contributed by atoms with Crippen molar-refractivity contribution in [3.05, 3.63) is 30.7 Å². The molecule has 0 bridgehead atoms. The molecule has 0 aliphatic rings. The summed E-state index contributed by atoms with van der Waals surface area (Å²) >= 11 is 1.32. The van der Waals surface area contributed by atoms with Crippen molar-refractivity contribution in [2.75, 3.05) is 11.1 Å². The quantitative estimate of drug-likeness (QED) is 0.503. The van der Waals surface area contributed by atoms with Crippen molar-refractivity contribution in [3.63, 3.8) is 0 Å². The van der Waals surface area contributed by atoms with Gasteiger partial charge in [-0.1, -0.05) is 0 Å². The summed E-state index contributed by atoms with van der Waals surface area (Å²) in [5, 5.41) is 16.4. The lowest BCUT2D eigenvalue weighted by Gasteiger charge is -2.06. The van der Waals surface area contributed by atoms with E-state index in [1.54, 1.807) is 4.68 Å². The van der Waals surface area contributed by atoms with Crippen LogP contribution in [-0.2, 0) is 7.05 Å². The number of rotatable bonds is 4. The molecule has 0 aromatic carbocycles. The number of hydrogen-bond acceptors (Lipinski definition) is 9. The van der Waals surface area contributed by atoms with Gasteiger partial charge in [0.1, 0.15) is 16.9 Å². The molecule has 24 heavy (non-hydrogen) atoms. The fourth-order valence-corrected chi connectivity index (χ4v) is 2.79. The first kappa shape index (κ1) is 14.4. The highest BCUT2D eigenvalue weighted by atomic mass is 32.2. The van der Waals surface area contributed by atoms with Crippen molar-refractivity contribution < 1.29 is 0 Å². The number of nitrogens with zero attached hydrogens (tertiary/aromatic N) is 7. The van der Waals surface area contributed by atoms with E-state index in [0.717, 1.165) is 10.5 Å². The molecule has 0 saturated carbocycles. The van der Waals surface area contributed by atoms with Crippen LogP contribution in [0.15, 0.2) is 40.9 Å². The van der Waals surface area contributed by atoms with Gasteiger partial charge >= 0.3 is 0 Å². The molecule has 0 aliphatic heterocycles. The fourth-order valence-electron chi connectivity index (χ4n) is 2.08. The molecular weight excluding hydrogens is 328 g/mol. The Morgan fingerprint density at radius 2 is 2.12 bits per heavy atom. The van der Waals surface area contributed by atoms with Crippen LogP contribution in [0.3, 0.4) is 0 Å². The van der Waals surface area contributed by atoms with Gasteiger partial charge in [-0.15, -0.1) is 10.2 Å². The molecule has 0 radical (unpaired) electrons. The van der Waals surface area contributed by atoms with Crippen LogP contribution >= 0.6 is 11.8 Å². The molecule has 4 rings (SSSR count). The highest BCUT2D eigenvalue weighted by Crippen LogP contribution is 2.27. The van der Waals surface area contributed by atoms with E-state index in [1.807, 2.05) is 31.4 Å². The summed E-state index contributed by atoms with van der Waals surface area (Å²) in [6, 6.07) is 5.57. The molecule has 0 unspecified atom stereocenters. The Kier molecular flexibility index (Phi) is 3.46. The smallest absolute Gasteiger partial charge is 0.220 e. The predicted octanol–water partition coefficient (Wildman–Crippen LogP) is 1.35. The van der Waals surface area contributed by atoms with E-state index >= 15 is 0 Å².